The van der Waals surface area contributed by atoms with E-state index >= 15 is 0 Å². The molecule has 1 saturated heterocycles. The Morgan fingerprint density at radius 1 is 1.48 bits per heavy atom. The number of ether oxygens (including phenoxy) is 1. The summed E-state index contributed by atoms with van der Waals surface area (Å²) in [5.41, 5.74) is 3.28. The smallest absolute Gasteiger partial charge is 0.416 e. The highest BCUT2D eigenvalue weighted by Crippen LogP contribution is 2.37. The summed E-state index contributed by atoms with van der Waals surface area (Å²) in [7, 11) is 0. The third kappa shape index (κ3) is 4.21. The zero-order valence-corrected chi connectivity index (χ0v) is 14.3. The van der Waals surface area contributed by atoms with Gasteiger partial charge < -0.3 is 20.5 Å². The maximum atomic E-state index is 12.9. The Bertz CT molecular complexity index is 645. The molecule has 9 heteroatoms. The highest BCUT2D eigenvalue weighted by atomic mass is 19.4. The SMILES string of the molecule is CC(C)(C)OC(=O)N1C[C@@H](CO)[C@](N)(c2cc(C(F)(F)F)ccn2)C1. The van der Waals surface area contributed by atoms with E-state index in [2.05, 4.69) is 4.98 Å². The summed E-state index contributed by atoms with van der Waals surface area (Å²) in [4.78, 5) is 17.5. The molecule has 1 aromatic heterocycles. The molecule has 6 nitrogen and oxygen atoms in total. The van der Waals surface area contributed by atoms with Crippen LogP contribution in [-0.4, -0.2) is 46.4 Å². The molecule has 1 aliphatic rings. The third-order valence-corrected chi connectivity index (χ3v) is 4.06. The quantitative estimate of drug-likeness (QED) is 0.842. The maximum Gasteiger partial charge on any atom is 0.416 e. The Labute approximate surface area is 143 Å². The molecule has 3 N–H and O–H groups in total. The van der Waals surface area contributed by atoms with Crippen molar-refractivity contribution in [1.29, 1.82) is 0 Å². The molecule has 0 aromatic carbocycles. The normalized spacial score (nSPS) is 24.5. The number of amides is 1. The van der Waals surface area contributed by atoms with E-state index in [1.807, 2.05) is 0 Å². The predicted octanol–water partition coefficient (Wildman–Crippen LogP) is 2.11. The van der Waals surface area contributed by atoms with Gasteiger partial charge in [-0.05, 0) is 32.9 Å². The van der Waals surface area contributed by atoms with Gasteiger partial charge >= 0.3 is 12.3 Å². The van der Waals surface area contributed by atoms with Crippen LogP contribution in [0.5, 0.6) is 0 Å². The molecule has 0 spiro atoms. The minimum atomic E-state index is -4.54. The van der Waals surface area contributed by atoms with Crippen molar-refractivity contribution in [3.05, 3.63) is 29.6 Å². The summed E-state index contributed by atoms with van der Waals surface area (Å²) in [5.74, 6) is -0.656. The van der Waals surface area contributed by atoms with Gasteiger partial charge in [-0.3, -0.25) is 4.98 Å². The Balaban J connectivity index is 2.31. The molecule has 25 heavy (non-hydrogen) atoms. The van der Waals surface area contributed by atoms with Crippen LogP contribution in [0.2, 0.25) is 0 Å². The molecule has 1 aliphatic heterocycles. The highest BCUT2D eigenvalue weighted by Gasteiger charge is 2.48. The van der Waals surface area contributed by atoms with Gasteiger partial charge in [0.25, 0.3) is 0 Å². The van der Waals surface area contributed by atoms with Gasteiger partial charge in [0.1, 0.15) is 5.60 Å². The van der Waals surface area contributed by atoms with Crippen LogP contribution in [0.25, 0.3) is 0 Å². The molecule has 2 heterocycles. The van der Waals surface area contributed by atoms with Crippen molar-refractivity contribution in [1.82, 2.24) is 9.88 Å². The summed E-state index contributed by atoms with van der Waals surface area (Å²) < 4.78 is 44.1. The first-order valence-electron chi connectivity index (χ1n) is 7.78. The van der Waals surface area contributed by atoms with Crippen LogP contribution in [-0.2, 0) is 16.5 Å². The van der Waals surface area contributed by atoms with Gasteiger partial charge in [-0.25, -0.2) is 4.79 Å². The summed E-state index contributed by atoms with van der Waals surface area (Å²) >= 11 is 0. The lowest BCUT2D eigenvalue weighted by molar-refractivity contribution is -0.137. The number of likely N-dealkylation sites (tertiary alicyclic amines) is 1. The summed E-state index contributed by atoms with van der Waals surface area (Å²) in [6.45, 7) is 4.69. The molecule has 1 aromatic rings. The summed E-state index contributed by atoms with van der Waals surface area (Å²) in [6, 6.07) is 1.71. The van der Waals surface area contributed by atoms with Crippen molar-refractivity contribution in [2.24, 2.45) is 11.7 Å². The van der Waals surface area contributed by atoms with Gasteiger partial charge in [0.2, 0.25) is 0 Å². The van der Waals surface area contributed by atoms with Gasteiger partial charge in [-0.15, -0.1) is 0 Å². The second-order valence-electron chi connectivity index (χ2n) is 7.21. The number of hydrogen-bond acceptors (Lipinski definition) is 5. The van der Waals surface area contributed by atoms with Gasteiger partial charge in [0, 0.05) is 31.8 Å². The molecule has 2 atom stereocenters. The first-order valence-corrected chi connectivity index (χ1v) is 7.78. The Kier molecular flexibility index (Phi) is 5.02. The monoisotopic (exact) mass is 361 g/mol. The second-order valence-corrected chi connectivity index (χ2v) is 7.21. The number of aromatic nitrogens is 1. The van der Waals surface area contributed by atoms with Crippen molar-refractivity contribution >= 4 is 6.09 Å². The lowest BCUT2D eigenvalue weighted by Crippen LogP contribution is -2.47. The number of carbonyl (C=O) groups is 1. The number of rotatable bonds is 2. The van der Waals surface area contributed by atoms with Crippen molar-refractivity contribution in [3.63, 3.8) is 0 Å². The minimum Gasteiger partial charge on any atom is -0.444 e. The molecule has 0 saturated carbocycles. The number of aliphatic hydroxyl groups is 1. The van der Waals surface area contributed by atoms with Crippen LogP contribution in [0.1, 0.15) is 32.0 Å². The van der Waals surface area contributed by atoms with Crippen molar-refractivity contribution in [2.75, 3.05) is 19.7 Å². The van der Waals surface area contributed by atoms with E-state index in [1.165, 1.54) is 4.90 Å². The molecule has 140 valence electrons. The summed E-state index contributed by atoms with van der Waals surface area (Å²) in [5, 5.41) is 9.62. The number of nitrogens with two attached hydrogens (primary N) is 1. The molecule has 0 aliphatic carbocycles. The average molecular weight is 361 g/mol. The van der Waals surface area contributed by atoms with Gasteiger partial charge in [-0.2, -0.15) is 13.2 Å². The molecule has 0 unspecified atom stereocenters. The van der Waals surface area contributed by atoms with Crippen LogP contribution in [0.4, 0.5) is 18.0 Å². The standard InChI is InChI=1S/C16H22F3N3O3/c1-14(2,3)25-13(24)22-7-11(8-23)15(20,9-22)12-6-10(4-5-21-12)16(17,18)19/h4-6,11,23H,7-9,20H2,1-3H3/t11-,15-/m0/s1. The van der Waals surface area contributed by atoms with Crippen LogP contribution in [0.3, 0.4) is 0 Å². The van der Waals surface area contributed by atoms with Crippen LogP contribution >= 0.6 is 0 Å². The Morgan fingerprint density at radius 3 is 2.64 bits per heavy atom. The van der Waals surface area contributed by atoms with Crippen molar-refractivity contribution < 1.29 is 27.8 Å². The number of pyridine rings is 1. The van der Waals surface area contributed by atoms with Crippen LogP contribution < -0.4 is 5.73 Å². The predicted molar refractivity (Wildman–Crippen MR) is 83.5 cm³/mol. The second kappa shape index (κ2) is 6.45. The van der Waals surface area contributed by atoms with Gasteiger partial charge in [0.05, 0.1) is 16.8 Å². The van der Waals surface area contributed by atoms with Crippen molar-refractivity contribution in [2.45, 2.75) is 38.1 Å². The molecule has 2 rings (SSSR count). The third-order valence-electron chi connectivity index (χ3n) is 4.06. The minimum absolute atomic E-state index is 0.0209. The molecule has 1 fully saturated rings. The number of aliphatic hydroxyl groups excluding tert-OH is 1. The van der Waals surface area contributed by atoms with Gasteiger partial charge in [-0.1, -0.05) is 0 Å². The first-order chi connectivity index (χ1) is 11.4. The fraction of sp³-hybridized carbons (Fsp3) is 0.625. The fourth-order valence-corrected chi connectivity index (χ4v) is 2.78. The van der Waals surface area contributed by atoms with E-state index in [1.54, 1.807) is 20.8 Å². The Hall–Kier alpha value is -1.87. The number of nitrogens with zero attached hydrogens (tertiary/aromatic N) is 2. The summed E-state index contributed by atoms with van der Waals surface area (Å²) in [6.07, 6.45) is -4.14. The number of alkyl halides is 3. The maximum absolute atomic E-state index is 12.9. The largest absolute Gasteiger partial charge is 0.444 e. The zero-order chi connectivity index (χ0) is 19.0. The van der Waals surface area contributed by atoms with Crippen molar-refractivity contribution in [3.8, 4) is 0 Å². The highest BCUT2D eigenvalue weighted by molar-refractivity contribution is 5.69. The van der Waals surface area contributed by atoms with E-state index in [9.17, 15) is 23.1 Å². The van der Waals surface area contributed by atoms with E-state index in [0.29, 0.717) is 0 Å². The first kappa shape index (κ1) is 19.5. The zero-order valence-electron chi connectivity index (χ0n) is 14.3. The molecular weight excluding hydrogens is 339 g/mol. The topological polar surface area (TPSA) is 88.7 Å². The number of hydrogen-bond donors (Lipinski definition) is 2. The van der Waals surface area contributed by atoms with Crippen LogP contribution in [0.15, 0.2) is 18.3 Å². The van der Waals surface area contributed by atoms with Gasteiger partial charge in [0.15, 0.2) is 0 Å². The lowest BCUT2D eigenvalue weighted by Gasteiger charge is -2.29. The molecule has 0 bridgehead atoms. The van der Waals surface area contributed by atoms with E-state index < -0.39 is 41.5 Å². The molecule has 1 amide bonds. The lowest BCUT2D eigenvalue weighted by atomic mass is 9.84. The van der Waals surface area contributed by atoms with E-state index in [0.717, 1.165) is 18.3 Å². The number of carbonyl (C=O) groups excluding carboxylic acids is 1. The molecule has 0 radical (unpaired) electrons. The number of halogens is 3. The fourth-order valence-electron chi connectivity index (χ4n) is 2.78. The van der Waals surface area contributed by atoms with E-state index in [-0.39, 0.29) is 18.8 Å². The Morgan fingerprint density at radius 2 is 2.12 bits per heavy atom. The van der Waals surface area contributed by atoms with E-state index in [4.69, 9.17) is 10.5 Å². The van der Waals surface area contributed by atoms with Crippen LogP contribution in [0, 0.1) is 5.92 Å². The average Bonchev–Trinajstić information content (AvgIpc) is 2.83. The molecular formula is C16H22F3N3O3.